The van der Waals surface area contributed by atoms with Crippen molar-refractivity contribution in [3.8, 4) is 0 Å². The molecule has 2 unspecified atom stereocenters. The van der Waals surface area contributed by atoms with Crippen LogP contribution in [0.1, 0.15) is 20.3 Å². The van der Waals surface area contributed by atoms with Crippen molar-refractivity contribution >= 4 is 0 Å². The average Bonchev–Trinajstić information content (AvgIpc) is 1.65. The Labute approximate surface area is 49.3 Å². The van der Waals surface area contributed by atoms with Gasteiger partial charge in [0.1, 0.15) is 0 Å². The Kier molecular flexibility index (Phi) is 6.78. The van der Waals surface area contributed by atoms with Crippen LogP contribution in [-0.4, -0.2) is 27.9 Å². The average molecular weight is 122 g/mol. The Morgan fingerprint density at radius 2 is 1.75 bits per heavy atom. The van der Waals surface area contributed by atoms with Gasteiger partial charge in [-0.05, 0) is 13.3 Å². The summed E-state index contributed by atoms with van der Waals surface area (Å²) in [4.78, 5) is 0. The van der Waals surface area contributed by atoms with Gasteiger partial charge in [0.05, 0.1) is 12.2 Å². The fourth-order valence-corrected chi connectivity index (χ4v) is 0.341. The Morgan fingerprint density at radius 3 is 1.75 bits per heavy atom. The van der Waals surface area contributed by atoms with E-state index in [0.29, 0.717) is 6.42 Å². The Hall–Kier alpha value is -0.120. The molecular formula is C5H14O3. The van der Waals surface area contributed by atoms with E-state index in [0.717, 1.165) is 0 Å². The highest BCUT2D eigenvalue weighted by molar-refractivity contribution is 4.56. The first kappa shape index (κ1) is 10.8. The van der Waals surface area contributed by atoms with Crippen LogP contribution in [0.3, 0.4) is 0 Å². The zero-order valence-electron chi connectivity index (χ0n) is 5.26. The maximum atomic E-state index is 8.69. The van der Waals surface area contributed by atoms with Crippen LogP contribution >= 0.6 is 0 Å². The van der Waals surface area contributed by atoms with Crippen molar-refractivity contribution in [2.75, 3.05) is 0 Å². The molecule has 3 nitrogen and oxygen atoms in total. The molecule has 3 heteroatoms. The maximum absolute atomic E-state index is 8.69. The van der Waals surface area contributed by atoms with E-state index in [9.17, 15) is 0 Å². The highest BCUT2D eigenvalue weighted by Gasteiger charge is 2.05. The minimum Gasteiger partial charge on any atom is -0.412 e. The summed E-state index contributed by atoms with van der Waals surface area (Å²) in [5.41, 5.74) is 0. The van der Waals surface area contributed by atoms with Crippen molar-refractivity contribution in [2.45, 2.75) is 32.5 Å². The molecule has 0 aliphatic heterocycles. The van der Waals surface area contributed by atoms with Gasteiger partial charge in [-0.15, -0.1) is 0 Å². The second-order valence-electron chi connectivity index (χ2n) is 1.72. The van der Waals surface area contributed by atoms with Crippen molar-refractivity contribution in [3.63, 3.8) is 0 Å². The molecule has 0 spiro atoms. The predicted octanol–water partition coefficient (Wildman–Crippen LogP) is -0.687. The number of rotatable bonds is 2. The first-order valence-electron chi connectivity index (χ1n) is 2.54. The van der Waals surface area contributed by atoms with Crippen LogP contribution in [0.2, 0.25) is 0 Å². The van der Waals surface area contributed by atoms with Gasteiger partial charge in [-0.2, -0.15) is 0 Å². The van der Waals surface area contributed by atoms with Gasteiger partial charge >= 0.3 is 0 Å². The van der Waals surface area contributed by atoms with E-state index in [4.69, 9.17) is 10.2 Å². The molecule has 0 radical (unpaired) electrons. The van der Waals surface area contributed by atoms with Crippen molar-refractivity contribution in [1.29, 1.82) is 0 Å². The van der Waals surface area contributed by atoms with Gasteiger partial charge in [0, 0.05) is 0 Å². The summed E-state index contributed by atoms with van der Waals surface area (Å²) in [5.74, 6) is 0. The van der Waals surface area contributed by atoms with Crippen molar-refractivity contribution < 1.29 is 15.7 Å². The van der Waals surface area contributed by atoms with Gasteiger partial charge in [-0.1, -0.05) is 6.92 Å². The number of hydrogen-bond donors (Lipinski definition) is 2. The fourth-order valence-electron chi connectivity index (χ4n) is 0.341. The highest BCUT2D eigenvalue weighted by atomic mass is 16.3. The molecule has 0 fully saturated rings. The van der Waals surface area contributed by atoms with E-state index in [1.165, 1.54) is 0 Å². The third-order valence-electron chi connectivity index (χ3n) is 0.975. The first-order chi connectivity index (χ1) is 3.18. The minimum absolute atomic E-state index is 0. The molecular weight excluding hydrogens is 108 g/mol. The molecule has 0 aromatic rings. The number of aliphatic hydroxyl groups excluding tert-OH is 2. The quantitative estimate of drug-likeness (QED) is 0.509. The van der Waals surface area contributed by atoms with Crippen molar-refractivity contribution in [2.24, 2.45) is 0 Å². The summed E-state index contributed by atoms with van der Waals surface area (Å²) in [6.07, 6.45) is -0.498. The van der Waals surface area contributed by atoms with Crippen molar-refractivity contribution in [3.05, 3.63) is 0 Å². The van der Waals surface area contributed by atoms with Gasteiger partial charge in [0.25, 0.3) is 0 Å². The molecule has 0 aliphatic rings. The highest BCUT2D eigenvalue weighted by Crippen LogP contribution is 1.94. The monoisotopic (exact) mass is 122 g/mol. The van der Waals surface area contributed by atoms with Gasteiger partial charge in [-0.3, -0.25) is 0 Å². The summed E-state index contributed by atoms with van der Waals surface area (Å²) in [6.45, 7) is 3.41. The van der Waals surface area contributed by atoms with Crippen LogP contribution in [0.15, 0.2) is 0 Å². The Bertz CT molecular complexity index is 44.9. The Morgan fingerprint density at radius 1 is 1.38 bits per heavy atom. The first-order valence-corrected chi connectivity index (χ1v) is 2.54. The van der Waals surface area contributed by atoms with E-state index in [1.807, 2.05) is 6.92 Å². The van der Waals surface area contributed by atoms with E-state index >= 15 is 0 Å². The molecule has 0 aliphatic carbocycles. The minimum atomic E-state index is -0.579. The zero-order chi connectivity index (χ0) is 5.86. The van der Waals surface area contributed by atoms with Crippen LogP contribution < -0.4 is 0 Å². The van der Waals surface area contributed by atoms with E-state index in [1.54, 1.807) is 6.92 Å². The van der Waals surface area contributed by atoms with Crippen LogP contribution in [0.25, 0.3) is 0 Å². The smallest absolute Gasteiger partial charge is 0.0793 e. The fraction of sp³-hybridized carbons (Fsp3) is 1.00. The van der Waals surface area contributed by atoms with Crippen LogP contribution in [0.5, 0.6) is 0 Å². The molecule has 4 N–H and O–H groups in total. The van der Waals surface area contributed by atoms with Crippen LogP contribution in [-0.2, 0) is 0 Å². The summed E-state index contributed by atoms with van der Waals surface area (Å²) in [5, 5.41) is 17.3. The maximum Gasteiger partial charge on any atom is 0.0793 e. The molecule has 0 saturated heterocycles. The van der Waals surface area contributed by atoms with Gasteiger partial charge in [-0.25, -0.2) is 0 Å². The molecule has 0 rings (SSSR count). The van der Waals surface area contributed by atoms with Crippen LogP contribution in [0.4, 0.5) is 0 Å². The summed E-state index contributed by atoms with van der Waals surface area (Å²) in [7, 11) is 0. The zero-order valence-corrected chi connectivity index (χ0v) is 5.26. The largest absolute Gasteiger partial charge is 0.412 e. The molecule has 0 aromatic carbocycles. The number of hydrogen-bond acceptors (Lipinski definition) is 2. The molecule has 0 aromatic heterocycles. The third-order valence-corrected chi connectivity index (χ3v) is 0.975. The second kappa shape index (κ2) is 5.03. The summed E-state index contributed by atoms with van der Waals surface area (Å²) < 4.78 is 0. The van der Waals surface area contributed by atoms with Gasteiger partial charge in [0.2, 0.25) is 0 Å². The molecule has 0 amide bonds. The predicted molar refractivity (Wildman–Crippen MR) is 31.6 cm³/mol. The lowest BCUT2D eigenvalue weighted by Gasteiger charge is -2.08. The molecule has 0 bridgehead atoms. The topological polar surface area (TPSA) is 72.0 Å². The molecule has 52 valence electrons. The molecule has 2 atom stereocenters. The van der Waals surface area contributed by atoms with E-state index in [-0.39, 0.29) is 5.48 Å². The number of aliphatic hydroxyl groups is 2. The molecule has 0 saturated carbocycles. The molecule has 0 heterocycles. The second-order valence-corrected chi connectivity index (χ2v) is 1.72. The molecule has 8 heavy (non-hydrogen) atoms. The third kappa shape index (κ3) is 4.05. The standard InChI is InChI=1S/C5H12O2.H2O/c1-3-5(7)4(2)6;/h4-7H,3H2,1-2H3;1H2. The SMILES string of the molecule is CCC(O)C(C)O.O. The lowest BCUT2D eigenvalue weighted by atomic mass is 10.2. The van der Waals surface area contributed by atoms with Gasteiger partial charge in [0.15, 0.2) is 0 Å². The van der Waals surface area contributed by atoms with E-state index in [2.05, 4.69) is 0 Å². The normalized spacial score (nSPS) is 16.5. The summed E-state index contributed by atoms with van der Waals surface area (Å²) >= 11 is 0. The summed E-state index contributed by atoms with van der Waals surface area (Å²) in [6, 6.07) is 0. The lowest BCUT2D eigenvalue weighted by Crippen LogP contribution is -2.20. The van der Waals surface area contributed by atoms with Crippen LogP contribution in [0, 0.1) is 0 Å². The van der Waals surface area contributed by atoms with Gasteiger partial charge < -0.3 is 15.7 Å². The van der Waals surface area contributed by atoms with E-state index < -0.39 is 12.2 Å². The Balaban J connectivity index is 0. The lowest BCUT2D eigenvalue weighted by molar-refractivity contribution is 0.0294. The van der Waals surface area contributed by atoms with Crippen molar-refractivity contribution in [1.82, 2.24) is 0 Å².